The maximum atomic E-state index is 13.2. The minimum absolute atomic E-state index is 0.232. The van der Waals surface area contributed by atoms with Crippen LogP contribution in [0.1, 0.15) is 19.4 Å². The van der Waals surface area contributed by atoms with Gasteiger partial charge in [0.1, 0.15) is 0 Å². The van der Waals surface area contributed by atoms with E-state index in [0.717, 1.165) is 10.0 Å². The molecule has 6 heteroatoms. The van der Waals surface area contributed by atoms with Gasteiger partial charge in [-0.05, 0) is 61.9 Å². The summed E-state index contributed by atoms with van der Waals surface area (Å²) in [5.74, 6) is -0.781. The lowest BCUT2D eigenvalue weighted by Gasteiger charge is -2.18. The fraction of sp³-hybridized carbons (Fsp3) is 0.143. The number of nitrogens with zero attached hydrogens (tertiary/aromatic N) is 1. The summed E-state index contributed by atoms with van der Waals surface area (Å²) < 4.78 is 6.09. The molecule has 3 rings (SSSR count). The molecule has 0 bridgehead atoms. The zero-order valence-corrected chi connectivity index (χ0v) is 17.2. The lowest BCUT2D eigenvalue weighted by Crippen LogP contribution is -2.24. The van der Waals surface area contributed by atoms with Crippen LogP contribution >= 0.6 is 27.5 Å². The number of anilines is 1. The first-order valence-electron chi connectivity index (χ1n) is 8.38. The Balaban J connectivity index is 2.11. The third-order valence-corrected chi connectivity index (χ3v) is 4.93. The Morgan fingerprint density at radius 1 is 1.15 bits per heavy atom. The Bertz CT molecular complexity index is 946. The number of benzene rings is 2. The van der Waals surface area contributed by atoms with Crippen LogP contribution in [-0.2, 0) is 14.3 Å². The standard InChI is InChI=1S/C21H17BrClNO3/c1-3-27-21(26)19-13(2)24(17-10-6-15(22)7-11-17)20(25)18(19)12-14-4-8-16(23)9-5-14/h4-12H,3H2,1-2H3/b18-12+. The Morgan fingerprint density at radius 3 is 2.37 bits per heavy atom. The number of hydrogen-bond acceptors (Lipinski definition) is 3. The quantitative estimate of drug-likeness (QED) is 0.468. The van der Waals surface area contributed by atoms with E-state index >= 15 is 0 Å². The van der Waals surface area contributed by atoms with Gasteiger partial charge < -0.3 is 4.74 Å². The van der Waals surface area contributed by atoms with Crippen molar-refractivity contribution < 1.29 is 14.3 Å². The highest BCUT2D eigenvalue weighted by molar-refractivity contribution is 9.10. The number of allylic oxidation sites excluding steroid dienone is 1. The molecule has 1 aliphatic heterocycles. The van der Waals surface area contributed by atoms with E-state index in [2.05, 4.69) is 15.9 Å². The number of rotatable bonds is 4. The molecule has 2 aromatic rings. The molecule has 0 saturated heterocycles. The van der Waals surface area contributed by atoms with Crippen molar-refractivity contribution >= 4 is 51.2 Å². The van der Waals surface area contributed by atoms with Gasteiger partial charge in [-0.3, -0.25) is 9.69 Å². The zero-order valence-electron chi connectivity index (χ0n) is 14.8. The molecule has 0 fully saturated rings. The molecule has 0 spiro atoms. The fourth-order valence-electron chi connectivity index (χ4n) is 2.91. The smallest absolute Gasteiger partial charge is 0.340 e. The van der Waals surface area contributed by atoms with E-state index in [0.29, 0.717) is 22.0 Å². The minimum atomic E-state index is -0.511. The average Bonchev–Trinajstić information content (AvgIpc) is 2.88. The van der Waals surface area contributed by atoms with Crippen molar-refractivity contribution in [3.05, 3.63) is 80.4 Å². The van der Waals surface area contributed by atoms with Gasteiger partial charge >= 0.3 is 5.97 Å². The first-order valence-corrected chi connectivity index (χ1v) is 9.55. The third kappa shape index (κ3) is 3.99. The number of halogens is 2. The van der Waals surface area contributed by atoms with Crippen molar-refractivity contribution in [3.8, 4) is 0 Å². The Kier molecular flexibility index (Phi) is 5.82. The summed E-state index contributed by atoms with van der Waals surface area (Å²) in [7, 11) is 0. The summed E-state index contributed by atoms with van der Waals surface area (Å²) in [5, 5.41) is 0.601. The zero-order chi connectivity index (χ0) is 19.6. The van der Waals surface area contributed by atoms with Gasteiger partial charge in [0.05, 0.1) is 17.8 Å². The van der Waals surface area contributed by atoms with E-state index in [1.165, 1.54) is 4.90 Å². The maximum Gasteiger partial charge on any atom is 0.340 e. The van der Waals surface area contributed by atoms with E-state index < -0.39 is 5.97 Å². The normalized spacial score (nSPS) is 15.6. The second-order valence-electron chi connectivity index (χ2n) is 5.91. The largest absolute Gasteiger partial charge is 0.462 e. The first kappa shape index (κ1) is 19.4. The number of hydrogen-bond donors (Lipinski definition) is 0. The van der Waals surface area contributed by atoms with Crippen LogP contribution < -0.4 is 4.90 Å². The molecule has 27 heavy (non-hydrogen) atoms. The predicted octanol–water partition coefficient (Wildman–Crippen LogP) is 5.37. The Labute approximate surface area is 171 Å². The molecule has 0 unspecified atom stereocenters. The second-order valence-corrected chi connectivity index (χ2v) is 7.26. The number of amides is 1. The van der Waals surface area contributed by atoms with Gasteiger partial charge in [0.25, 0.3) is 5.91 Å². The summed E-state index contributed by atoms with van der Waals surface area (Å²) in [6.45, 7) is 3.71. The number of carbonyl (C=O) groups is 2. The Hall–Kier alpha value is -2.37. The lowest BCUT2D eigenvalue weighted by atomic mass is 10.0. The highest BCUT2D eigenvalue weighted by Gasteiger charge is 2.38. The number of carbonyl (C=O) groups excluding carboxylic acids is 2. The van der Waals surface area contributed by atoms with Gasteiger partial charge in [-0.15, -0.1) is 0 Å². The molecule has 1 heterocycles. The van der Waals surface area contributed by atoms with Crippen molar-refractivity contribution in [2.75, 3.05) is 11.5 Å². The third-order valence-electron chi connectivity index (χ3n) is 4.15. The van der Waals surface area contributed by atoms with Crippen molar-refractivity contribution in [2.45, 2.75) is 13.8 Å². The van der Waals surface area contributed by atoms with Gasteiger partial charge in [-0.25, -0.2) is 4.79 Å². The van der Waals surface area contributed by atoms with Gasteiger partial charge in [0, 0.05) is 20.9 Å². The van der Waals surface area contributed by atoms with Crippen LogP contribution in [-0.4, -0.2) is 18.5 Å². The molecule has 0 aliphatic carbocycles. The molecular weight excluding hydrogens is 430 g/mol. The van der Waals surface area contributed by atoms with Gasteiger partial charge in [-0.1, -0.05) is 39.7 Å². The van der Waals surface area contributed by atoms with Crippen LogP contribution in [0, 0.1) is 0 Å². The summed E-state index contributed by atoms with van der Waals surface area (Å²) in [6.07, 6.45) is 1.69. The van der Waals surface area contributed by atoms with Crippen molar-refractivity contribution in [1.29, 1.82) is 0 Å². The number of ether oxygens (including phenoxy) is 1. The van der Waals surface area contributed by atoms with Gasteiger partial charge in [0.2, 0.25) is 0 Å². The second kappa shape index (κ2) is 8.11. The molecule has 0 atom stereocenters. The molecular formula is C21H17BrClNO3. The van der Waals surface area contributed by atoms with Crippen LogP contribution in [0.5, 0.6) is 0 Å². The molecule has 1 amide bonds. The van der Waals surface area contributed by atoms with Crippen molar-refractivity contribution in [1.82, 2.24) is 0 Å². The first-order chi connectivity index (χ1) is 12.9. The average molecular weight is 447 g/mol. The summed E-state index contributed by atoms with van der Waals surface area (Å²) >= 11 is 9.32. The molecule has 0 radical (unpaired) electrons. The molecule has 0 N–H and O–H groups in total. The summed E-state index contributed by atoms with van der Waals surface area (Å²) in [6, 6.07) is 14.4. The SMILES string of the molecule is CCOC(=O)C1=C(C)N(c2ccc(Br)cc2)C(=O)/C1=C/c1ccc(Cl)cc1. The molecule has 0 aromatic heterocycles. The minimum Gasteiger partial charge on any atom is -0.462 e. The highest BCUT2D eigenvalue weighted by Crippen LogP contribution is 2.36. The topological polar surface area (TPSA) is 46.6 Å². The van der Waals surface area contributed by atoms with E-state index in [1.807, 2.05) is 24.3 Å². The van der Waals surface area contributed by atoms with Crippen LogP contribution in [0.25, 0.3) is 6.08 Å². The Morgan fingerprint density at radius 2 is 1.78 bits per heavy atom. The summed E-state index contributed by atoms with van der Waals surface area (Å²) in [5.41, 5.74) is 2.58. The van der Waals surface area contributed by atoms with Crippen LogP contribution in [0.3, 0.4) is 0 Å². The molecule has 1 aliphatic rings. The van der Waals surface area contributed by atoms with E-state index in [1.54, 1.807) is 44.2 Å². The van der Waals surface area contributed by atoms with Gasteiger partial charge in [-0.2, -0.15) is 0 Å². The van der Waals surface area contributed by atoms with Crippen molar-refractivity contribution in [3.63, 3.8) is 0 Å². The van der Waals surface area contributed by atoms with Crippen molar-refractivity contribution in [2.24, 2.45) is 0 Å². The maximum absolute atomic E-state index is 13.2. The molecule has 4 nitrogen and oxygen atoms in total. The van der Waals surface area contributed by atoms with Crippen LogP contribution in [0.2, 0.25) is 5.02 Å². The van der Waals surface area contributed by atoms with Gasteiger partial charge in [0.15, 0.2) is 0 Å². The monoisotopic (exact) mass is 445 g/mol. The fourth-order valence-corrected chi connectivity index (χ4v) is 3.30. The predicted molar refractivity (Wildman–Crippen MR) is 110 cm³/mol. The summed E-state index contributed by atoms with van der Waals surface area (Å²) in [4.78, 5) is 27.2. The van der Waals surface area contributed by atoms with E-state index in [4.69, 9.17) is 16.3 Å². The molecule has 2 aromatic carbocycles. The lowest BCUT2D eigenvalue weighted by molar-refractivity contribution is -0.138. The van der Waals surface area contributed by atoms with Crippen LogP contribution in [0.4, 0.5) is 5.69 Å². The number of esters is 1. The molecule has 138 valence electrons. The van der Waals surface area contributed by atoms with E-state index in [9.17, 15) is 9.59 Å². The van der Waals surface area contributed by atoms with E-state index in [-0.39, 0.29) is 18.1 Å². The molecule has 0 saturated carbocycles. The highest BCUT2D eigenvalue weighted by atomic mass is 79.9. The van der Waals surface area contributed by atoms with Crippen LogP contribution in [0.15, 0.2) is 69.8 Å².